The maximum Gasteiger partial charge on any atom is 0.244 e. The molecule has 0 aromatic heterocycles. The van der Waals surface area contributed by atoms with Crippen molar-refractivity contribution in [2.24, 2.45) is 0 Å². The first-order valence-electron chi connectivity index (χ1n) is 8.14. The molecule has 0 spiro atoms. The van der Waals surface area contributed by atoms with Gasteiger partial charge in [-0.05, 0) is 36.2 Å². The van der Waals surface area contributed by atoms with Crippen LogP contribution in [0.1, 0.15) is 18.4 Å². The van der Waals surface area contributed by atoms with Crippen molar-refractivity contribution in [1.82, 2.24) is 4.72 Å². The van der Waals surface area contributed by atoms with Crippen molar-refractivity contribution in [2.75, 3.05) is 18.6 Å². The summed E-state index contributed by atoms with van der Waals surface area (Å²) in [7, 11) is -2.45. The van der Waals surface area contributed by atoms with Crippen molar-refractivity contribution in [2.45, 2.75) is 24.3 Å². The number of carbonyl (C=O) groups excluding carboxylic acids is 1. The molecule has 1 amide bonds. The highest BCUT2D eigenvalue weighted by Crippen LogP contribution is 2.31. The number of methoxy groups -OCH3 is 1. The topological polar surface area (TPSA) is 75.7 Å². The van der Waals surface area contributed by atoms with Gasteiger partial charge in [0.15, 0.2) is 0 Å². The standard InChI is InChI=1S/C18H19ClN2O4S/c1-25-16-9-8-14(21-10-4-7-18(21)22)11-17(16)26(23,24)20-12-13-5-2-3-6-15(13)19/h2-3,5-6,8-9,11,20H,4,7,10,12H2,1H3. The molecule has 1 heterocycles. The largest absolute Gasteiger partial charge is 0.495 e. The van der Waals surface area contributed by atoms with Crippen molar-refractivity contribution in [3.8, 4) is 5.75 Å². The van der Waals surface area contributed by atoms with Crippen molar-refractivity contribution in [1.29, 1.82) is 0 Å². The third kappa shape index (κ3) is 3.85. The first-order valence-corrected chi connectivity index (χ1v) is 10.00. The molecule has 0 radical (unpaired) electrons. The van der Waals surface area contributed by atoms with Gasteiger partial charge in [-0.3, -0.25) is 4.79 Å². The lowest BCUT2D eigenvalue weighted by Gasteiger charge is -2.18. The first kappa shape index (κ1) is 18.7. The Morgan fingerprint density at radius 3 is 2.65 bits per heavy atom. The molecule has 1 fully saturated rings. The van der Waals surface area contributed by atoms with Crippen LogP contribution in [0.25, 0.3) is 0 Å². The number of nitrogens with zero attached hydrogens (tertiary/aromatic N) is 1. The van der Waals surface area contributed by atoms with E-state index in [1.165, 1.54) is 13.2 Å². The number of amides is 1. The fraction of sp³-hybridized carbons (Fsp3) is 0.278. The molecule has 26 heavy (non-hydrogen) atoms. The third-order valence-corrected chi connectivity index (χ3v) is 6.02. The molecule has 3 rings (SSSR count). The number of benzene rings is 2. The van der Waals surface area contributed by atoms with Gasteiger partial charge in [-0.15, -0.1) is 0 Å². The van der Waals surface area contributed by atoms with Crippen LogP contribution in [0.15, 0.2) is 47.4 Å². The summed E-state index contributed by atoms with van der Waals surface area (Å²) in [5.74, 6) is 0.203. The van der Waals surface area contributed by atoms with Crippen molar-refractivity contribution < 1.29 is 17.9 Å². The molecule has 1 aliphatic rings. The number of halogens is 1. The van der Waals surface area contributed by atoms with E-state index in [2.05, 4.69) is 4.72 Å². The van der Waals surface area contributed by atoms with E-state index in [0.717, 1.165) is 6.42 Å². The molecular weight excluding hydrogens is 376 g/mol. The second kappa shape index (κ2) is 7.65. The second-order valence-corrected chi connectivity index (χ2v) is 8.04. The van der Waals surface area contributed by atoms with Crippen LogP contribution in [0.3, 0.4) is 0 Å². The van der Waals surface area contributed by atoms with Gasteiger partial charge in [0.25, 0.3) is 0 Å². The minimum atomic E-state index is -3.86. The minimum Gasteiger partial charge on any atom is -0.495 e. The molecule has 2 aromatic carbocycles. The molecule has 0 bridgehead atoms. The zero-order valence-electron chi connectivity index (χ0n) is 14.2. The van der Waals surface area contributed by atoms with Crippen LogP contribution < -0.4 is 14.4 Å². The summed E-state index contributed by atoms with van der Waals surface area (Å²) >= 11 is 6.08. The van der Waals surface area contributed by atoms with Gasteiger partial charge < -0.3 is 9.64 Å². The minimum absolute atomic E-state index is 0.00995. The van der Waals surface area contributed by atoms with Crippen LogP contribution in [-0.4, -0.2) is 28.0 Å². The summed E-state index contributed by atoms with van der Waals surface area (Å²) in [4.78, 5) is 13.5. The maximum absolute atomic E-state index is 12.8. The Balaban J connectivity index is 1.90. The number of hydrogen-bond acceptors (Lipinski definition) is 4. The van der Waals surface area contributed by atoms with Crippen LogP contribution >= 0.6 is 11.6 Å². The van der Waals surface area contributed by atoms with Crippen LogP contribution in [0.5, 0.6) is 5.75 Å². The fourth-order valence-electron chi connectivity index (χ4n) is 2.86. The van der Waals surface area contributed by atoms with E-state index in [1.807, 2.05) is 0 Å². The van der Waals surface area contributed by atoms with Crippen molar-refractivity contribution in [3.05, 3.63) is 53.1 Å². The average Bonchev–Trinajstić information content (AvgIpc) is 3.06. The van der Waals surface area contributed by atoms with Gasteiger partial charge >= 0.3 is 0 Å². The van der Waals surface area contributed by atoms with E-state index in [4.69, 9.17) is 16.3 Å². The SMILES string of the molecule is COc1ccc(N2CCCC2=O)cc1S(=O)(=O)NCc1ccccc1Cl. The van der Waals surface area contributed by atoms with E-state index < -0.39 is 10.0 Å². The van der Waals surface area contributed by atoms with E-state index in [9.17, 15) is 13.2 Å². The van der Waals surface area contributed by atoms with Crippen molar-refractivity contribution >= 4 is 33.2 Å². The quantitative estimate of drug-likeness (QED) is 0.817. The van der Waals surface area contributed by atoms with Gasteiger partial charge in [-0.2, -0.15) is 0 Å². The van der Waals surface area contributed by atoms with Gasteiger partial charge in [-0.1, -0.05) is 29.8 Å². The van der Waals surface area contributed by atoms with Gasteiger partial charge in [-0.25, -0.2) is 13.1 Å². The van der Waals surface area contributed by atoms with E-state index in [1.54, 1.807) is 41.3 Å². The lowest BCUT2D eigenvalue weighted by molar-refractivity contribution is -0.117. The number of ether oxygens (including phenoxy) is 1. The predicted molar refractivity (Wildman–Crippen MR) is 100 cm³/mol. The Kier molecular flexibility index (Phi) is 5.50. The number of carbonyl (C=O) groups is 1. The molecular formula is C18H19ClN2O4S. The van der Waals surface area contributed by atoms with Crippen LogP contribution in [-0.2, 0) is 21.4 Å². The normalized spacial score (nSPS) is 14.7. The average molecular weight is 395 g/mol. The van der Waals surface area contributed by atoms with Crippen LogP contribution in [0.2, 0.25) is 5.02 Å². The number of nitrogens with one attached hydrogen (secondary N) is 1. The molecule has 8 heteroatoms. The molecule has 0 unspecified atom stereocenters. The molecule has 1 N–H and O–H groups in total. The highest BCUT2D eigenvalue weighted by molar-refractivity contribution is 7.89. The smallest absolute Gasteiger partial charge is 0.244 e. The summed E-state index contributed by atoms with van der Waals surface area (Å²) in [6.45, 7) is 0.635. The summed E-state index contributed by atoms with van der Waals surface area (Å²) in [5, 5.41) is 0.485. The highest BCUT2D eigenvalue weighted by Gasteiger charge is 2.26. The van der Waals surface area contributed by atoms with E-state index in [0.29, 0.717) is 29.2 Å². The number of rotatable bonds is 6. The monoisotopic (exact) mass is 394 g/mol. The molecule has 1 aliphatic heterocycles. The Labute approximate surface area is 157 Å². The summed E-state index contributed by atoms with van der Waals surface area (Å²) in [6.07, 6.45) is 1.23. The molecule has 1 saturated heterocycles. The number of anilines is 1. The summed E-state index contributed by atoms with van der Waals surface area (Å²) < 4.78 is 33.4. The second-order valence-electron chi connectivity index (χ2n) is 5.90. The lowest BCUT2D eigenvalue weighted by atomic mass is 10.2. The first-order chi connectivity index (χ1) is 12.4. The van der Waals surface area contributed by atoms with E-state index >= 15 is 0 Å². The van der Waals surface area contributed by atoms with Crippen LogP contribution in [0.4, 0.5) is 5.69 Å². The molecule has 0 saturated carbocycles. The zero-order chi connectivity index (χ0) is 18.7. The van der Waals surface area contributed by atoms with E-state index in [-0.39, 0.29) is 23.1 Å². The number of sulfonamides is 1. The fourth-order valence-corrected chi connectivity index (χ4v) is 4.25. The van der Waals surface area contributed by atoms with Gasteiger partial charge in [0.1, 0.15) is 10.6 Å². The molecule has 0 aliphatic carbocycles. The Bertz CT molecular complexity index is 931. The molecule has 6 nitrogen and oxygen atoms in total. The maximum atomic E-state index is 12.8. The zero-order valence-corrected chi connectivity index (χ0v) is 15.8. The lowest BCUT2D eigenvalue weighted by Crippen LogP contribution is -2.26. The Morgan fingerprint density at radius 2 is 2.00 bits per heavy atom. The molecule has 2 aromatic rings. The van der Waals surface area contributed by atoms with Crippen LogP contribution in [0, 0.1) is 0 Å². The number of hydrogen-bond donors (Lipinski definition) is 1. The predicted octanol–water partition coefficient (Wildman–Crippen LogP) is 2.95. The summed E-state index contributed by atoms with van der Waals surface area (Å²) in [6, 6.07) is 11.7. The molecule has 138 valence electrons. The van der Waals surface area contributed by atoms with Gasteiger partial charge in [0.2, 0.25) is 15.9 Å². The Hall–Kier alpha value is -2.09. The molecule has 0 atom stereocenters. The van der Waals surface area contributed by atoms with Gasteiger partial charge in [0, 0.05) is 30.2 Å². The highest BCUT2D eigenvalue weighted by atomic mass is 35.5. The Morgan fingerprint density at radius 1 is 1.23 bits per heavy atom. The van der Waals surface area contributed by atoms with Gasteiger partial charge in [0.05, 0.1) is 7.11 Å². The van der Waals surface area contributed by atoms with Crippen molar-refractivity contribution in [3.63, 3.8) is 0 Å². The third-order valence-electron chi connectivity index (χ3n) is 4.23. The summed E-state index contributed by atoms with van der Waals surface area (Å²) in [5.41, 5.74) is 1.22.